The molecule has 29 valence electrons. The minimum absolute atomic E-state index is 0. The molecule has 0 atom stereocenters. The van der Waals surface area contributed by atoms with Crippen LogP contribution in [0.25, 0.3) is 0 Å². The van der Waals surface area contributed by atoms with Crippen LogP contribution >= 0.6 is 0 Å². The molecule has 0 fully saturated rings. The van der Waals surface area contributed by atoms with E-state index in [1.165, 1.54) is 0 Å². The molecule has 0 nitrogen and oxygen atoms in total. The SMILES string of the molecule is [BH4-].[BH4-].[BH4-].[Ru+3]. The molecular formula is H12B3Ru. The molecule has 0 saturated heterocycles. The number of rotatable bonds is 0. The minimum Gasteiger partial charge on any atom is -0.0626 e. The zero-order valence-corrected chi connectivity index (χ0v) is 2.09. The Labute approximate surface area is 45.2 Å². The Bertz CT molecular complexity index is 3.25. The maximum Gasteiger partial charge on any atom is 3.00 e. The third-order valence-electron chi connectivity index (χ3n) is 0. The van der Waals surface area contributed by atoms with Crippen LogP contribution in [0.3, 0.4) is 0 Å². The van der Waals surface area contributed by atoms with Crippen molar-refractivity contribution >= 4 is 25.2 Å². The van der Waals surface area contributed by atoms with Gasteiger partial charge >= 0.3 is 19.5 Å². The average Bonchev–Trinajstić information content (AvgIpc) is 0. The fraction of sp³-hybridized carbons (Fsp3) is 0. The van der Waals surface area contributed by atoms with Crippen LogP contribution in [-0.4, -0.2) is 25.2 Å². The summed E-state index contributed by atoms with van der Waals surface area (Å²) in [5.41, 5.74) is 0. The topological polar surface area (TPSA) is 0 Å². The van der Waals surface area contributed by atoms with E-state index in [9.17, 15) is 0 Å². The second-order valence-corrected chi connectivity index (χ2v) is 0. The van der Waals surface area contributed by atoms with Gasteiger partial charge in [-0.2, -0.15) is 0 Å². The van der Waals surface area contributed by atoms with E-state index in [2.05, 4.69) is 0 Å². The molecule has 0 bridgehead atoms. The van der Waals surface area contributed by atoms with Crippen molar-refractivity contribution in [2.45, 2.75) is 0 Å². The van der Waals surface area contributed by atoms with Gasteiger partial charge in [0.15, 0.2) is 0 Å². The molecule has 4 heavy (non-hydrogen) atoms. The zero-order valence-electron chi connectivity index (χ0n) is 0.354. The Kier molecular flexibility index (Phi) is 1190. The molecule has 0 aliphatic rings. The summed E-state index contributed by atoms with van der Waals surface area (Å²) in [6.07, 6.45) is 0. The van der Waals surface area contributed by atoms with Crippen LogP contribution < -0.4 is 0 Å². The fourth-order valence-electron chi connectivity index (χ4n) is 0. The van der Waals surface area contributed by atoms with E-state index in [1.807, 2.05) is 0 Å². The molecular weight excluding hydrogens is 134 g/mol. The van der Waals surface area contributed by atoms with Gasteiger partial charge in [-0.15, -0.1) is 0 Å². The summed E-state index contributed by atoms with van der Waals surface area (Å²) in [4.78, 5) is 0. The van der Waals surface area contributed by atoms with Gasteiger partial charge in [0, 0.05) is 0 Å². The smallest absolute Gasteiger partial charge is 0.0626 e. The quantitative estimate of drug-likeness (QED) is 0.303. The van der Waals surface area contributed by atoms with E-state index in [1.54, 1.807) is 0 Å². The summed E-state index contributed by atoms with van der Waals surface area (Å²) in [6.45, 7) is 0. The van der Waals surface area contributed by atoms with Crippen LogP contribution in [-0.2, 0) is 19.5 Å². The van der Waals surface area contributed by atoms with Gasteiger partial charge in [0.2, 0.25) is 0 Å². The molecule has 0 spiro atoms. The molecule has 0 amide bonds. The van der Waals surface area contributed by atoms with Crippen LogP contribution in [0.15, 0.2) is 0 Å². The fourth-order valence-corrected chi connectivity index (χ4v) is 0. The zero-order chi connectivity index (χ0) is 0. The Morgan fingerprint density at radius 2 is 0.500 bits per heavy atom. The van der Waals surface area contributed by atoms with Crippen molar-refractivity contribution in [1.82, 2.24) is 0 Å². The molecule has 4 heteroatoms. The van der Waals surface area contributed by atoms with Crippen LogP contribution in [0.2, 0.25) is 0 Å². The van der Waals surface area contributed by atoms with Crippen molar-refractivity contribution in [3.8, 4) is 0 Å². The summed E-state index contributed by atoms with van der Waals surface area (Å²) in [5.74, 6) is 0. The Morgan fingerprint density at radius 1 is 0.500 bits per heavy atom. The van der Waals surface area contributed by atoms with Gasteiger partial charge < -0.3 is 0 Å². The molecule has 0 N–H and O–H groups in total. The second kappa shape index (κ2) is 45.3. The predicted octanol–water partition coefficient (Wildman–Crippen LogP) is -4.36. The van der Waals surface area contributed by atoms with E-state index >= 15 is 0 Å². The van der Waals surface area contributed by atoms with Gasteiger partial charge in [0.25, 0.3) is 0 Å². The van der Waals surface area contributed by atoms with Crippen molar-refractivity contribution in [3.05, 3.63) is 0 Å². The molecule has 0 unspecified atom stereocenters. The van der Waals surface area contributed by atoms with Crippen LogP contribution in [0.5, 0.6) is 0 Å². The van der Waals surface area contributed by atoms with Crippen molar-refractivity contribution in [1.29, 1.82) is 0 Å². The maximum atomic E-state index is 0. The summed E-state index contributed by atoms with van der Waals surface area (Å²) in [6, 6.07) is 0. The predicted molar refractivity (Wildman–Crippen MR) is 34.0 cm³/mol. The van der Waals surface area contributed by atoms with E-state index < -0.39 is 0 Å². The number of hydrogen-bond donors (Lipinski definition) is 0. The molecule has 0 aromatic heterocycles. The molecule has 1 radical (unpaired) electrons. The van der Waals surface area contributed by atoms with Crippen molar-refractivity contribution in [3.63, 3.8) is 0 Å². The second-order valence-electron chi connectivity index (χ2n) is 0. The largest absolute Gasteiger partial charge is 3.00 e. The van der Waals surface area contributed by atoms with Crippen LogP contribution in [0.1, 0.15) is 0 Å². The van der Waals surface area contributed by atoms with E-state index in [4.69, 9.17) is 0 Å². The molecule has 0 aliphatic heterocycles. The molecule has 0 rings (SSSR count). The summed E-state index contributed by atoms with van der Waals surface area (Å²) >= 11 is 0. The maximum absolute atomic E-state index is 0. The van der Waals surface area contributed by atoms with Crippen LogP contribution in [0, 0.1) is 0 Å². The van der Waals surface area contributed by atoms with Gasteiger partial charge in [0.05, 0.1) is 0 Å². The molecule has 0 aliphatic carbocycles. The van der Waals surface area contributed by atoms with E-state index in [-0.39, 0.29) is 44.7 Å². The van der Waals surface area contributed by atoms with Gasteiger partial charge in [-0.1, -0.05) is 25.2 Å². The molecule has 0 heterocycles. The van der Waals surface area contributed by atoms with Crippen molar-refractivity contribution in [2.24, 2.45) is 0 Å². The first-order valence-electron chi connectivity index (χ1n) is 0. The van der Waals surface area contributed by atoms with Gasteiger partial charge in [-0.25, -0.2) is 0 Å². The van der Waals surface area contributed by atoms with Gasteiger partial charge in [0.1, 0.15) is 0 Å². The number of hydrogen-bond acceptors (Lipinski definition) is 0. The van der Waals surface area contributed by atoms with E-state index in [0.29, 0.717) is 0 Å². The first kappa shape index (κ1) is 105. The standard InChI is InChI=1S/3BH4.Ru/h3*1H4;/q3*-1;+3. The summed E-state index contributed by atoms with van der Waals surface area (Å²) in [5, 5.41) is 0. The minimum atomic E-state index is 0. The van der Waals surface area contributed by atoms with Gasteiger partial charge in [-0.05, 0) is 0 Å². The van der Waals surface area contributed by atoms with E-state index in [0.717, 1.165) is 0 Å². The first-order valence-corrected chi connectivity index (χ1v) is 0. The summed E-state index contributed by atoms with van der Waals surface area (Å²) in [7, 11) is 0. The third kappa shape index (κ3) is 13.9. The first-order chi connectivity index (χ1) is 0. The Morgan fingerprint density at radius 3 is 0.500 bits per heavy atom. The van der Waals surface area contributed by atoms with Crippen molar-refractivity contribution in [2.75, 3.05) is 0 Å². The average molecular weight is 146 g/mol. The Hall–Kier alpha value is 0.818. The third-order valence-corrected chi connectivity index (χ3v) is 0. The van der Waals surface area contributed by atoms with Crippen LogP contribution in [0.4, 0.5) is 0 Å². The molecule has 0 saturated carbocycles. The summed E-state index contributed by atoms with van der Waals surface area (Å²) < 4.78 is 0. The van der Waals surface area contributed by atoms with Gasteiger partial charge in [-0.3, -0.25) is 0 Å². The molecule has 0 aromatic carbocycles. The van der Waals surface area contributed by atoms with Crippen molar-refractivity contribution < 1.29 is 19.5 Å². The molecule has 0 aromatic rings. The normalized spacial score (nSPS) is 0. The monoisotopic (exact) mass is 147 g/mol. The Balaban J connectivity index is 0.